The molecule has 0 saturated carbocycles. The SMILES string of the molecule is CC(O)(CNC(=O)Nc1cnn(-c2cccc(C(F)(F)F)c2)c1)C(=O)O. The third kappa shape index (κ3) is 4.72. The van der Waals surface area contributed by atoms with E-state index in [4.69, 9.17) is 5.11 Å². The molecule has 1 heterocycles. The van der Waals surface area contributed by atoms with Crippen LogP contribution in [0.1, 0.15) is 12.5 Å². The highest BCUT2D eigenvalue weighted by molar-refractivity contribution is 5.89. The van der Waals surface area contributed by atoms with Crippen LogP contribution in [0.3, 0.4) is 0 Å². The van der Waals surface area contributed by atoms with Crippen LogP contribution in [-0.4, -0.2) is 44.1 Å². The van der Waals surface area contributed by atoms with Crippen molar-refractivity contribution in [3.8, 4) is 5.69 Å². The van der Waals surface area contributed by atoms with Crippen LogP contribution in [0.15, 0.2) is 36.7 Å². The van der Waals surface area contributed by atoms with Crippen LogP contribution < -0.4 is 10.6 Å². The number of aliphatic carboxylic acids is 1. The molecular weight excluding hydrogens is 357 g/mol. The fraction of sp³-hybridized carbons (Fsp3) is 0.267. The van der Waals surface area contributed by atoms with Gasteiger partial charge in [-0.05, 0) is 25.1 Å². The Bertz CT molecular complexity index is 817. The van der Waals surface area contributed by atoms with E-state index in [-0.39, 0.29) is 11.4 Å². The van der Waals surface area contributed by atoms with Crippen LogP contribution in [0.5, 0.6) is 0 Å². The minimum atomic E-state index is -4.49. The highest BCUT2D eigenvalue weighted by Gasteiger charge is 2.31. The number of nitrogens with one attached hydrogen (secondary N) is 2. The van der Waals surface area contributed by atoms with Gasteiger partial charge in [-0.1, -0.05) is 6.07 Å². The quantitative estimate of drug-likeness (QED) is 0.639. The first-order valence-corrected chi connectivity index (χ1v) is 7.22. The van der Waals surface area contributed by atoms with Gasteiger partial charge in [0.15, 0.2) is 5.60 Å². The number of aliphatic hydroxyl groups is 1. The maximum Gasteiger partial charge on any atom is 0.416 e. The molecule has 2 aromatic rings. The largest absolute Gasteiger partial charge is 0.479 e. The van der Waals surface area contributed by atoms with Gasteiger partial charge in [-0.2, -0.15) is 18.3 Å². The molecule has 4 N–H and O–H groups in total. The molecule has 0 fully saturated rings. The predicted molar refractivity (Wildman–Crippen MR) is 83.8 cm³/mol. The summed E-state index contributed by atoms with van der Waals surface area (Å²) in [5, 5.41) is 26.6. The lowest BCUT2D eigenvalue weighted by Gasteiger charge is -2.18. The maximum atomic E-state index is 12.7. The van der Waals surface area contributed by atoms with E-state index in [2.05, 4.69) is 15.7 Å². The van der Waals surface area contributed by atoms with Gasteiger partial charge >= 0.3 is 18.2 Å². The van der Waals surface area contributed by atoms with E-state index in [9.17, 15) is 27.9 Å². The summed E-state index contributed by atoms with van der Waals surface area (Å²) >= 11 is 0. The summed E-state index contributed by atoms with van der Waals surface area (Å²) in [6.07, 6.45) is -2.01. The van der Waals surface area contributed by atoms with Crippen molar-refractivity contribution in [3.05, 3.63) is 42.2 Å². The normalized spacial score (nSPS) is 13.7. The number of amides is 2. The fourth-order valence-electron chi connectivity index (χ4n) is 1.86. The second-order valence-corrected chi connectivity index (χ2v) is 5.61. The Morgan fingerprint density at radius 1 is 1.31 bits per heavy atom. The monoisotopic (exact) mass is 372 g/mol. The predicted octanol–water partition coefficient (Wildman–Crippen LogP) is 1.85. The molecule has 1 unspecified atom stereocenters. The van der Waals surface area contributed by atoms with Crippen LogP contribution in [0.2, 0.25) is 0 Å². The van der Waals surface area contributed by atoms with Gasteiger partial charge in [-0.3, -0.25) is 0 Å². The number of hydrogen-bond acceptors (Lipinski definition) is 4. The molecule has 0 radical (unpaired) electrons. The number of nitrogens with zero attached hydrogens (tertiary/aromatic N) is 2. The van der Waals surface area contributed by atoms with Crippen molar-refractivity contribution in [2.24, 2.45) is 0 Å². The molecule has 0 spiro atoms. The summed E-state index contributed by atoms with van der Waals surface area (Å²) in [5.41, 5.74) is -2.68. The molecule has 0 aliphatic carbocycles. The molecule has 1 atom stereocenters. The summed E-state index contributed by atoms with van der Waals surface area (Å²) < 4.78 is 39.4. The summed E-state index contributed by atoms with van der Waals surface area (Å²) in [5.74, 6) is -1.50. The molecule has 2 amide bonds. The number of alkyl halides is 3. The van der Waals surface area contributed by atoms with Gasteiger partial charge in [-0.15, -0.1) is 0 Å². The van der Waals surface area contributed by atoms with Gasteiger partial charge < -0.3 is 20.8 Å². The van der Waals surface area contributed by atoms with Crippen LogP contribution >= 0.6 is 0 Å². The first-order valence-electron chi connectivity index (χ1n) is 7.22. The molecule has 2 rings (SSSR count). The van der Waals surface area contributed by atoms with Gasteiger partial charge in [0.1, 0.15) is 0 Å². The molecular formula is C15H15F3N4O4. The second-order valence-electron chi connectivity index (χ2n) is 5.61. The molecule has 0 saturated heterocycles. The van der Waals surface area contributed by atoms with E-state index in [1.54, 1.807) is 0 Å². The molecule has 140 valence electrons. The zero-order valence-corrected chi connectivity index (χ0v) is 13.4. The standard InChI is InChI=1S/C15H15F3N4O4/c1-14(26,12(23)24)8-19-13(25)21-10-6-20-22(7-10)11-4-2-3-9(5-11)15(16,17)18/h2-7,26H,8H2,1H3,(H,23,24)(H2,19,21,25). The number of anilines is 1. The maximum absolute atomic E-state index is 12.7. The Balaban J connectivity index is 2.04. The molecule has 1 aromatic heterocycles. The second kappa shape index (κ2) is 7.04. The summed E-state index contributed by atoms with van der Waals surface area (Å²) in [4.78, 5) is 22.4. The number of urea groups is 1. The third-order valence-electron chi connectivity index (χ3n) is 3.33. The van der Waals surface area contributed by atoms with Crippen LogP contribution in [0.4, 0.5) is 23.7 Å². The first-order chi connectivity index (χ1) is 12.0. The molecule has 11 heteroatoms. The van der Waals surface area contributed by atoms with E-state index in [0.29, 0.717) is 0 Å². The number of carboxylic acid groups (broad SMARTS) is 1. The number of carbonyl (C=O) groups excluding carboxylic acids is 1. The Kier molecular flexibility index (Phi) is 5.21. The summed E-state index contributed by atoms with van der Waals surface area (Å²) in [6.45, 7) is 0.469. The molecule has 1 aromatic carbocycles. The average Bonchev–Trinajstić information content (AvgIpc) is 3.01. The Labute approximate surface area is 145 Å². The van der Waals surface area contributed by atoms with Crippen molar-refractivity contribution >= 4 is 17.7 Å². The highest BCUT2D eigenvalue weighted by Crippen LogP contribution is 2.30. The van der Waals surface area contributed by atoms with Gasteiger partial charge in [0, 0.05) is 0 Å². The number of carboxylic acids is 1. The number of halogens is 3. The van der Waals surface area contributed by atoms with E-state index >= 15 is 0 Å². The summed E-state index contributed by atoms with van der Waals surface area (Å²) in [7, 11) is 0. The first kappa shape index (κ1) is 19.2. The van der Waals surface area contributed by atoms with E-state index < -0.39 is 35.9 Å². The number of rotatable bonds is 5. The topological polar surface area (TPSA) is 116 Å². The Morgan fingerprint density at radius 2 is 2.00 bits per heavy atom. The van der Waals surface area contributed by atoms with Crippen molar-refractivity contribution in [1.82, 2.24) is 15.1 Å². The minimum absolute atomic E-state index is 0.141. The molecule has 0 aliphatic heterocycles. The third-order valence-corrected chi connectivity index (χ3v) is 3.33. The smallest absolute Gasteiger partial charge is 0.416 e. The van der Waals surface area contributed by atoms with Crippen molar-refractivity contribution in [2.75, 3.05) is 11.9 Å². The highest BCUT2D eigenvalue weighted by atomic mass is 19.4. The lowest BCUT2D eigenvalue weighted by molar-refractivity contribution is -0.155. The van der Waals surface area contributed by atoms with Crippen molar-refractivity contribution in [1.29, 1.82) is 0 Å². The van der Waals surface area contributed by atoms with Gasteiger partial charge in [0.05, 0.1) is 35.9 Å². The van der Waals surface area contributed by atoms with Crippen molar-refractivity contribution in [2.45, 2.75) is 18.7 Å². The van der Waals surface area contributed by atoms with Gasteiger partial charge in [0.25, 0.3) is 0 Å². The average molecular weight is 372 g/mol. The minimum Gasteiger partial charge on any atom is -0.479 e. The van der Waals surface area contributed by atoms with Crippen molar-refractivity contribution < 1.29 is 33.0 Å². The van der Waals surface area contributed by atoms with Crippen LogP contribution in [0, 0.1) is 0 Å². The molecule has 8 nitrogen and oxygen atoms in total. The number of aromatic nitrogens is 2. The Hall–Kier alpha value is -3.08. The van der Waals surface area contributed by atoms with E-state index in [1.807, 2.05) is 0 Å². The number of benzene rings is 1. The van der Waals surface area contributed by atoms with E-state index in [0.717, 1.165) is 23.7 Å². The van der Waals surface area contributed by atoms with Crippen LogP contribution in [-0.2, 0) is 11.0 Å². The van der Waals surface area contributed by atoms with Gasteiger partial charge in [-0.25, -0.2) is 14.3 Å². The number of hydrogen-bond donors (Lipinski definition) is 4. The van der Waals surface area contributed by atoms with Crippen LogP contribution in [0.25, 0.3) is 5.69 Å². The lowest BCUT2D eigenvalue weighted by atomic mass is 10.1. The Morgan fingerprint density at radius 3 is 2.62 bits per heavy atom. The van der Waals surface area contributed by atoms with Gasteiger partial charge in [0.2, 0.25) is 0 Å². The zero-order valence-electron chi connectivity index (χ0n) is 13.4. The molecule has 26 heavy (non-hydrogen) atoms. The lowest BCUT2D eigenvalue weighted by Crippen LogP contribution is -2.47. The van der Waals surface area contributed by atoms with Crippen molar-refractivity contribution in [3.63, 3.8) is 0 Å². The molecule has 0 bridgehead atoms. The fourth-order valence-corrected chi connectivity index (χ4v) is 1.86. The molecule has 0 aliphatic rings. The zero-order chi connectivity index (χ0) is 19.5. The number of carbonyl (C=O) groups is 2. The summed E-state index contributed by atoms with van der Waals surface area (Å²) in [6, 6.07) is 3.66. The van der Waals surface area contributed by atoms with E-state index in [1.165, 1.54) is 24.5 Å².